The van der Waals surface area contributed by atoms with E-state index in [9.17, 15) is 13.2 Å². The Morgan fingerprint density at radius 1 is 1.03 bits per heavy atom. The fourth-order valence-electron chi connectivity index (χ4n) is 3.36. The summed E-state index contributed by atoms with van der Waals surface area (Å²) in [5.41, 5.74) is 2.29. The molecule has 0 unspecified atom stereocenters. The minimum Gasteiger partial charge on any atom is -0.322 e. The molecule has 1 aliphatic rings. The molecule has 0 spiro atoms. The SMILES string of the molecule is N#CCCNS(=O)(=O)c1ccc(C(=O)Nc2ccc(CCN3CCCC3)cc2)cc1. The van der Waals surface area contributed by atoms with E-state index < -0.39 is 10.0 Å². The van der Waals surface area contributed by atoms with Crippen molar-refractivity contribution in [2.24, 2.45) is 0 Å². The molecule has 1 fully saturated rings. The van der Waals surface area contributed by atoms with Crippen molar-refractivity contribution in [1.82, 2.24) is 9.62 Å². The van der Waals surface area contributed by atoms with E-state index in [4.69, 9.17) is 5.26 Å². The van der Waals surface area contributed by atoms with Gasteiger partial charge >= 0.3 is 0 Å². The van der Waals surface area contributed by atoms with Gasteiger partial charge in [-0.2, -0.15) is 5.26 Å². The average Bonchev–Trinajstić information content (AvgIpc) is 3.27. The lowest BCUT2D eigenvalue weighted by atomic mass is 10.1. The molecule has 2 N–H and O–H groups in total. The number of carbonyl (C=O) groups is 1. The molecule has 0 aromatic heterocycles. The smallest absolute Gasteiger partial charge is 0.255 e. The van der Waals surface area contributed by atoms with Crippen LogP contribution in [0.25, 0.3) is 0 Å². The Labute approximate surface area is 177 Å². The van der Waals surface area contributed by atoms with E-state index in [1.165, 1.54) is 55.8 Å². The number of carbonyl (C=O) groups excluding carboxylic acids is 1. The van der Waals surface area contributed by atoms with E-state index in [0.717, 1.165) is 13.0 Å². The maximum Gasteiger partial charge on any atom is 0.255 e. The van der Waals surface area contributed by atoms with E-state index >= 15 is 0 Å². The van der Waals surface area contributed by atoms with Gasteiger partial charge in [-0.15, -0.1) is 0 Å². The zero-order valence-electron chi connectivity index (χ0n) is 16.8. The van der Waals surface area contributed by atoms with Crippen LogP contribution in [0.4, 0.5) is 5.69 Å². The van der Waals surface area contributed by atoms with Gasteiger partial charge in [0.2, 0.25) is 10.0 Å². The Morgan fingerprint density at radius 3 is 2.33 bits per heavy atom. The summed E-state index contributed by atoms with van der Waals surface area (Å²) in [5.74, 6) is -0.304. The molecule has 158 valence electrons. The minimum absolute atomic E-state index is 0.0507. The molecule has 3 rings (SSSR count). The first-order chi connectivity index (χ1) is 14.5. The van der Waals surface area contributed by atoms with Crippen molar-refractivity contribution in [3.05, 3.63) is 59.7 Å². The lowest BCUT2D eigenvalue weighted by Crippen LogP contribution is -2.24. The number of nitrogens with one attached hydrogen (secondary N) is 2. The van der Waals surface area contributed by atoms with Crippen LogP contribution in [0.15, 0.2) is 53.4 Å². The minimum atomic E-state index is -3.69. The van der Waals surface area contributed by atoms with Crippen molar-refractivity contribution < 1.29 is 13.2 Å². The van der Waals surface area contributed by atoms with Crippen LogP contribution in [0.1, 0.15) is 35.2 Å². The molecule has 7 nitrogen and oxygen atoms in total. The van der Waals surface area contributed by atoms with Gasteiger partial charge in [-0.25, -0.2) is 13.1 Å². The quantitative estimate of drug-likeness (QED) is 0.600. The highest BCUT2D eigenvalue weighted by Crippen LogP contribution is 2.15. The molecule has 0 radical (unpaired) electrons. The molecule has 1 heterocycles. The number of hydrogen-bond acceptors (Lipinski definition) is 5. The summed E-state index contributed by atoms with van der Waals surface area (Å²) in [6, 6.07) is 15.4. The first-order valence-electron chi connectivity index (χ1n) is 10.1. The van der Waals surface area contributed by atoms with Gasteiger partial charge in [0, 0.05) is 30.8 Å². The lowest BCUT2D eigenvalue weighted by Gasteiger charge is -2.14. The van der Waals surface area contributed by atoms with Gasteiger partial charge in [0.15, 0.2) is 0 Å². The summed E-state index contributed by atoms with van der Waals surface area (Å²) >= 11 is 0. The molecule has 1 amide bonds. The van der Waals surface area contributed by atoms with Crippen molar-refractivity contribution in [3.8, 4) is 6.07 Å². The second-order valence-electron chi connectivity index (χ2n) is 7.28. The molecule has 2 aromatic carbocycles. The van der Waals surface area contributed by atoms with E-state index in [0.29, 0.717) is 11.3 Å². The zero-order valence-corrected chi connectivity index (χ0v) is 17.6. The van der Waals surface area contributed by atoms with Crippen LogP contribution < -0.4 is 10.0 Å². The highest BCUT2D eigenvalue weighted by molar-refractivity contribution is 7.89. The number of anilines is 1. The summed E-state index contributed by atoms with van der Waals surface area (Å²) in [5, 5.41) is 11.3. The summed E-state index contributed by atoms with van der Waals surface area (Å²) in [7, 11) is -3.69. The predicted octanol–water partition coefficient (Wildman–Crippen LogP) is 2.77. The second kappa shape index (κ2) is 10.3. The monoisotopic (exact) mass is 426 g/mol. The lowest BCUT2D eigenvalue weighted by molar-refractivity contribution is 0.102. The van der Waals surface area contributed by atoms with Gasteiger partial charge in [-0.05, 0) is 74.3 Å². The molecule has 1 saturated heterocycles. The first-order valence-corrected chi connectivity index (χ1v) is 11.6. The topological polar surface area (TPSA) is 102 Å². The van der Waals surface area contributed by atoms with E-state index in [2.05, 4.69) is 14.9 Å². The third-order valence-electron chi connectivity index (χ3n) is 5.08. The van der Waals surface area contributed by atoms with E-state index in [1.807, 2.05) is 30.3 Å². The second-order valence-corrected chi connectivity index (χ2v) is 9.05. The maximum atomic E-state index is 12.5. The first kappa shape index (κ1) is 22.0. The Kier molecular flexibility index (Phi) is 7.57. The van der Waals surface area contributed by atoms with Crippen LogP contribution >= 0.6 is 0 Å². The molecular formula is C22H26N4O3S. The Hall–Kier alpha value is -2.73. The normalized spacial score (nSPS) is 14.4. The van der Waals surface area contributed by atoms with Crippen molar-refractivity contribution in [2.45, 2.75) is 30.6 Å². The number of likely N-dealkylation sites (tertiary alicyclic amines) is 1. The number of rotatable bonds is 9. The Morgan fingerprint density at radius 2 is 1.70 bits per heavy atom. The fourth-order valence-corrected chi connectivity index (χ4v) is 4.39. The highest BCUT2D eigenvalue weighted by atomic mass is 32.2. The molecule has 0 aliphatic carbocycles. The van der Waals surface area contributed by atoms with Gasteiger partial charge < -0.3 is 10.2 Å². The fraction of sp³-hybridized carbons (Fsp3) is 0.364. The van der Waals surface area contributed by atoms with Crippen LogP contribution in [0.5, 0.6) is 0 Å². The number of benzene rings is 2. The van der Waals surface area contributed by atoms with Crippen LogP contribution in [-0.4, -0.2) is 45.4 Å². The van der Waals surface area contributed by atoms with Crippen LogP contribution in [-0.2, 0) is 16.4 Å². The van der Waals surface area contributed by atoms with E-state index in [1.54, 1.807) is 0 Å². The third-order valence-corrected chi connectivity index (χ3v) is 6.56. The van der Waals surface area contributed by atoms with Gasteiger partial charge in [-0.1, -0.05) is 12.1 Å². The number of nitrogens with zero attached hydrogens (tertiary/aromatic N) is 2. The van der Waals surface area contributed by atoms with Crippen molar-refractivity contribution in [1.29, 1.82) is 5.26 Å². The van der Waals surface area contributed by atoms with Gasteiger partial charge in [0.25, 0.3) is 5.91 Å². The molecule has 0 bridgehead atoms. The molecule has 2 aromatic rings. The standard InChI is InChI=1S/C22H26N4O3S/c23-13-3-14-24-30(28,29)21-10-6-19(7-11-21)22(27)25-20-8-4-18(5-9-20)12-17-26-15-1-2-16-26/h4-11,24H,1-3,12,14-17H2,(H,25,27). The van der Waals surface area contributed by atoms with Crippen LogP contribution in [0, 0.1) is 11.3 Å². The molecule has 0 saturated carbocycles. The molecule has 0 atom stereocenters. The predicted molar refractivity (Wildman–Crippen MR) is 116 cm³/mol. The largest absolute Gasteiger partial charge is 0.322 e. The van der Waals surface area contributed by atoms with Gasteiger partial charge in [0.05, 0.1) is 11.0 Å². The van der Waals surface area contributed by atoms with E-state index in [-0.39, 0.29) is 23.8 Å². The van der Waals surface area contributed by atoms with Crippen molar-refractivity contribution in [2.75, 3.05) is 31.5 Å². The van der Waals surface area contributed by atoms with Crippen LogP contribution in [0.2, 0.25) is 0 Å². The average molecular weight is 427 g/mol. The molecule has 30 heavy (non-hydrogen) atoms. The molecule has 1 aliphatic heterocycles. The van der Waals surface area contributed by atoms with Crippen molar-refractivity contribution in [3.63, 3.8) is 0 Å². The maximum absolute atomic E-state index is 12.5. The third kappa shape index (κ3) is 6.13. The summed E-state index contributed by atoms with van der Waals surface area (Å²) in [6.45, 7) is 3.48. The Balaban J connectivity index is 1.54. The van der Waals surface area contributed by atoms with Gasteiger partial charge in [-0.3, -0.25) is 4.79 Å². The Bertz CT molecular complexity index is 990. The summed E-state index contributed by atoms with van der Waals surface area (Å²) in [4.78, 5) is 15.0. The summed E-state index contributed by atoms with van der Waals surface area (Å²) < 4.78 is 26.6. The highest BCUT2D eigenvalue weighted by Gasteiger charge is 2.15. The van der Waals surface area contributed by atoms with Gasteiger partial charge in [0.1, 0.15) is 0 Å². The number of sulfonamides is 1. The number of hydrogen-bond donors (Lipinski definition) is 2. The summed E-state index contributed by atoms with van der Waals surface area (Å²) in [6.07, 6.45) is 3.66. The number of amides is 1. The molecular weight excluding hydrogens is 400 g/mol. The molecule has 8 heteroatoms. The van der Waals surface area contributed by atoms with Crippen molar-refractivity contribution >= 4 is 21.6 Å². The van der Waals surface area contributed by atoms with Crippen LogP contribution in [0.3, 0.4) is 0 Å². The number of nitriles is 1. The zero-order chi connectivity index (χ0) is 21.4.